The SMILES string of the molecule is COCCOCCOCCn1cc[n+](CCOCCOCCOC)c1-c1c2nc(c(-c3n(CCOCCOCCOC)cc[n+]3CCOCCOCCOC)c3ccc([nH]3)c(-c3n(CCOCCOCCOC)cc[n+]3CCOCCOCCOC)c3ccc([nH]3)c(-c3n(CCOCCOCCOC)cc[n+]3CCOCCOCCOC)c3nc1C=C3)C=C2. The van der Waals surface area contributed by atoms with Gasteiger partial charge in [0, 0.05) is 56.9 Å². The van der Waals surface area contributed by atoms with Crippen molar-refractivity contribution in [2.45, 2.75) is 52.4 Å². The molecule has 0 radical (unpaired) electrons. The summed E-state index contributed by atoms with van der Waals surface area (Å²) in [5.41, 5.74) is 8.91. The van der Waals surface area contributed by atoms with Gasteiger partial charge in [-0.05, 0) is 48.6 Å². The molecular weight excluding hydrogens is 1610 g/mol. The number of hydrogen-bond acceptors (Lipinski definition) is 26. The van der Waals surface area contributed by atoms with Crippen molar-refractivity contribution >= 4 is 46.4 Å². The van der Waals surface area contributed by atoms with Crippen LogP contribution < -0.4 is 18.3 Å². The summed E-state index contributed by atoms with van der Waals surface area (Å²) < 4.78 is 158. The number of fused-ring (bicyclic) bond motifs is 8. The molecule has 36 heteroatoms. The van der Waals surface area contributed by atoms with Gasteiger partial charge in [-0.3, -0.25) is 0 Å². The van der Waals surface area contributed by atoms with Crippen molar-refractivity contribution < 1.29 is 132 Å². The summed E-state index contributed by atoms with van der Waals surface area (Å²) in [6, 6.07) is 8.61. The number of ether oxygens (including phenoxy) is 24. The molecular formula is C88H138N12O24+4. The smallest absolute Gasteiger partial charge is 0.293 e. The zero-order valence-corrected chi connectivity index (χ0v) is 74.4. The van der Waals surface area contributed by atoms with Crippen LogP contribution in [-0.4, -0.2) is 359 Å². The molecule has 36 nitrogen and oxygen atoms in total. The summed E-state index contributed by atoms with van der Waals surface area (Å²) in [7, 11) is 13.3. The average molecular weight is 1750 g/mol. The van der Waals surface area contributed by atoms with E-state index in [-0.39, 0.29) is 0 Å². The Balaban J connectivity index is 1.35. The first kappa shape index (κ1) is 100. The van der Waals surface area contributed by atoms with E-state index in [2.05, 4.69) is 145 Å². The summed E-state index contributed by atoms with van der Waals surface area (Å²) in [5.74, 6) is 3.35. The number of aromatic amines is 2. The molecule has 2 N–H and O–H groups in total. The van der Waals surface area contributed by atoms with Crippen molar-refractivity contribution in [3.8, 4) is 45.6 Å². The maximum absolute atomic E-state index is 6.38. The molecule has 0 unspecified atom stereocenters. The molecule has 0 aliphatic carbocycles. The van der Waals surface area contributed by atoms with Crippen LogP contribution in [0.5, 0.6) is 0 Å². The minimum atomic E-state index is 0.358. The Kier molecular flexibility index (Phi) is 50.0. The number of rotatable bonds is 76. The summed E-state index contributed by atoms with van der Waals surface area (Å²) in [5, 5.41) is 0. The van der Waals surface area contributed by atoms with Gasteiger partial charge < -0.3 is 124 Å². The molecule has 9 heterocycles. The van der Waals surface area contributed by atoms with Gasteiger partial charge >= 0.3 is 0 Å². The molecule has 0 amide bonds. The predicted molar refractivity (Wildman–Crippen MR) is 461 cm³/mol. The lowest BCUT2D eigenvalue weighted by molar-refractivity contribution is -0.687. The fourth-order valence-electron chi connectivity index (χ4n) is 13.6. The van der Waals surface area contributed by atoms with Crippen LogP contribution in [0.1, 0.15) is 22.8 Å². The van der Waals surface area contributed by atoms with Crippen LogP contribution in [0.25, 0.3) is 91.9 Å². The lowest BCUT2D eigenvalue weighted by Gasteiger charge is -2.10. The van der Waals surface area contributed by atoms with Crippen LogP contribution in [0.3, 0.4) is 0 Å². The Hall–Kier alpha value is -7.52. The van der Waals surface area contributed by atoms with E-state index in [1.807, 2.05) is 0 Å². The topological polar surface area (TPSA) is 314 Å². The van der Waals surface area contributed by atoms with E-state index in [0.29, 0.717) is 339 Å². The molecule has 8 bridgehead atoms. The van der Waals surface area contributed by atoms with Crippen LogP contribution >= 0.6 is 0 Å². The zero-order valence-electron chi connectivity index (χ0n) is 74.4. The van der Waals surface area contributed by atoms with Crippen LogP contribution in [0, 0.1) is 0 Å². The van der Waals surface area contributed by atoms with Gasteiger partial charge in [-0.25, -0.2) is 46.5 Å². The normalized spacial score (nSPS) is 12.2. The van der Waals surface area contributed by atoms with E-state index in [0.717, 1.165) is 67.6 Å². The number of methoxy groups -OCH3 is 8. The van der Waals surface area contributed by atoms with Gasteiger partial charge in [-0.2, -0.15) is 0 Å². The maximum atomic E-state index is 6.38. The molecule has 0 aromatic carbocycles. The fraction of sp³-hybridized carbons (Fsp3) is 0.636. The van der Waals surface area contributed by atoms with Crippen LogP contribution in [0.15, 0.2) is 73.8 Å². The van der Waals surface area contributed by atoms with E-state index in [1.165, 1.54) is 0 Å². The van der Waals surface area contributed by atoms with Crippen LogP contribution in [0.4, 0.5) is 0 Å². The standard InChI is InChI=1S/C88H137N12O24/c1-101-41-49-117-65-57-109-33-25-93-17-18-94(26-34-110-58-66-118-50-42-102-2)85(93)81-73-9-11-75(89-73)82(86-95(27-35-111-59-67-119-51-43-103-3)19-20-96(86)28-36-112-60-68-120-52-44-104-4)77-13-15-79(91-77)84(88-99(31-39-115-63-71-123-55-47-107-7)23-24-100(88)32-40-116-64-72-124-56-48-108-8)80-16-14-78(92-80)83(76-12-10-74(81)90-76)87-97(29-37-113-61-69-121-53-45-105-5)21-22-98(87)30-38-114-62-70-122-54-46-106-6/h9-24H,25-72H2,1-8H3,(H,89,90,91,92)/q+3/p+1. The highest BCUT2D eigenvalue weighted by atomic mass is 16.6. The minimum Gasteiger partial charge on any atom is -0.382 e. The molecule has 0 saturated heterocycles. The van der Waals surface area contributed by atoms with Gasteiger partial charge in [0.25, 0.3) is 23.3 Å². The Morgan fingerprint density at radius 2 is 0.395 bits per heavy atom. The molecule has 690 valence electrons. The van der Waals surface area contributed by atoms with Crippen molar-refractivity contribution in [3.05, 3.63) is 96.6 Å². The van der Waals surface area contributed by atoms with Gasteiger partial charge in [-0.1, -0.05) is 0 Å². The van der Waals surface area contributed by atoms with Gasteiger partial charge in [0.15, 0.2) is 0 Å². The van der Waals surface area contributed by atoms with E-state index in [1.54, 1.807) is 56.9 Å². The van der Waals surface area contributed by atoms with E-state index in [9.17, 15) is 0 Å². The predicted octanol–water partition coefficient (Wildman–Crippen LogP) is 5.12. The second-order valence-corrected chi connectivity index (χ2v) is 28.3. The highest BCUT2D eigenvalue weighted by Gasteiger charge is 2.34. The Morgan fingerprint density at radius 1 is 0.218 bits per heavy atom. The molecule has 124 heavy (non-hydrogen) atoms. The van der Waals surface area contributed by atoms with Crippen LogP contribution in [-0.2, 0) is 166 Å². The van der Waals surface area contributed by atoms with Crippen LogP contribution in [0.2, 0.25) is 0 Å². The van der Waals surface area contributed by atoms with Crippen molar-refractivity contribution in [1.82, 2.24) is 38.2 Å². The first-order valence-electron chi connectivity index (χ1n) is 43.1. The lowest BCUT2D eigenvalue weighted by atomic mass is 10.1. The first-order valence-corrected chi connectivity index (χ1v) is 43.1. The monoisotopic (exact) mass is 1750 g/mol. The van der Waals surface area contributed by atoms with Gasteiger partial charge in [0.1, 0.15) is 124 Å². The molecule has 0 saturated carbocycles. The Labute approximate surface area is 729 Å². The zero-order chi connectivity index (χ0) is 86.9. The fourth-order valence-corrected chi connectivity index (χ4v) is 13.6. The summed E-state index contributed by atoms with van der Waals surface area (Å²) in [4.78, 5) is 20.1. The third-order valence-electron chi connectivity index (χ3n) is 19.8. The summed E-state index contributed by atoms with van der Waals surface area (Å²) in [6.07, 6.45) is 25.2. The van der Waals surface area contributed by atoms with Gasteiger partial charge in [0.05, 0.1) is 309 Å². The second kappa shape index (κ2) is 61.8. The molecule has 7 aromatic rings. The number of imidazole rings is 4. The quantitative estimate of drug-likeness (QED) is 0.0369. The van der Waals surface area contributed by atoms with E-state index >= 15 is 0 Å². The Morgan fingerprint density at radius 3 is 0.621 bits per heavy atom. The third-order valence-corrected chi connectivity index (χ3v) is 19.8. The number of nitrogens with zero attached hydrogens (tertiary/aromatic N) is 10. The molecule has 9 rings (SSSR count). The highest BCUT2D eigenvalue weighted by Crippen LogP contribution is 2.38. The van der Waals surface area contributed by atoms with Crippen molar-refractivity contribution in [2.75, 3.05) is 321 Å². The highest BCUT2D eigenvalue weighted by molar-refractivity contribution is 5.97. The molecule has 7 aromatic heterocycles. The van der Waals surface area contributed by atoms with E-state index in [4.69, 9.17) is 124 Å². The molecule has 2 aliphatic rings. The van der Waals surface area contributed by atoms with Gasteiger partial charge in [0.2, 0.25) is 0 Å². The van der Waals surface area contributed by atoms with Crippen molar-refractivity contribution in [3.63, 3.8) is 0 Å². The Bertz CT molecular complexity index is 3940. The van der Waals surface area contributed by atoms with E-state index < -0.39 is 0 Å². The summed E-state index contributed by atoms with van der Waals surface area (Å²) >= 11 is 0. The second-order valence-electron chi connectivity index (χ2n) is 28.3. The van der Waals surface area contributed by atoms with Crippen molar-refractivity contribution in [2.24, 2.45) is 0 Å². The number of hydrogen-bond donors (Lipinski definition) is 2. The maximum Gasteiger partial charge on any atom is 0.293 e. The molecule has 0 spiro atoms. The van der Waals surface area contributed by atoms with Crippen molar-refractivity contribution in [1.29, 1.82) is 0 Å². The lowest BCUT2D eigenvalue weighted by Crippen LogP contribution is -2.38. The summed E-state index contributed by atoms with van der Waals surface area (Å²) in [6.45, 7) is 20.5. The minimum absolute atomic E-state index is 0.358. The molecule has 0 fully saturated rings. The van der Waals surface area contributed by atoms with Gasteiger partial charge in [-0.15, -0.1) is 0 Å². The molecule has 0 atom stereocenters. The first-order chi connectivity index (χ1) is 61.4. The molecule has 2 aliphatic heterocycles. The largest absolute Gasteiger partial charge is 0.382 e. The average Bonchev–Trinajstić information content (AvgIpc) is 1.59. The number of nitrogens with one attached hydrogen (secondary N) is 2. The third kappa shape index (κ3) is 33.9. The number of aromatic nitrogens is 12. The number of H-pyrrole nitrogens is 2.